The molecule has 0 aromatic heterocycles. The fraction of sp³-hybridized carbons (Fsp3) is 1.00. The van der Waals surface area contributed by atoms with Crippen LogP contribution in [0.1, 0.15) is 62.8 Å². The molecule has 0 aromatic carbocycles. The third-order valence-corrected chi connectivity index (χ3v) is 4.23. The molecule has 108 valence electrons. The lowest BCUT2D eigenvalue weighted by Crippen LogP contribution is -2.21. The van der Waals surface area contributed by atoms with Crippen molar-refractivity contribution in [2.24, 2.45) is 0 Å². The van der Waals surface area contributed by atoms with Crippen molar-refractivity contribution in [3.63, 3.8) is 0 Å². The van der Waals surface area contributed by atoms with E-state index in [1.807, 2.05) is 0 Å². The minimum Gasteiger partial charge on any atom is -0.372 e. The third kappa shape index (κ3) is 4.88. The van der Waals surface area contributed by atoms with Crippen molar-refractivity contribution in [3.05, 3.63) is 0 Å². The predicted octanol–water partition coefficient (Wildman–Crippen LogP) is 5.04. The Labute approximate surface area is 118 Å². The smallest absolute Gasteiger partial charge is 0.0866 e. The molecule has 0 N–H and O–H groups in total. The van der Waals surface area contributed by atoms with Gasteiger partial charge < -0.3 is 9.47 Å². The first-order valence-electron chi connectivity index (χ1n) is 5.15. The maximum absolute atomic E-state index is 5.94. The molecule has 0 bridgehead atoms. The molecule has 0 aliphatic carbocycles. The molecule has 2 heterocycles. The largest absolute Gasteiger partial charge is 0.372 e. The van der Waals surface area contributed by atoms with Gasteiger partial charge in [-0.05, 0) is 13.3 Å². The molecule has 0 unspecified atom stereocenters. The zero-order valence-electron chi connectivity index (χ0n) is 8.20. The van der Waals surface area contributed by atoms with E-state index in [2.05, 4.69) is 29.8 Å². The average molecular weight is 313 g/mol. The van der Waals surface area contributed by atoms with E-state index in [4.69, 9.17) is 9.47 Å². The molecule has 3 heteroatoms. The molecular weight excluding hydrogens is 280 g/mol. The molecular formula is C14H33BrO2. The SMILES string of the molecule is C.C.C.C.CC[C@@H](Br)[C@H]1C[C@@H]2O[C@@H](C)C[C@@H]2O1. The van der Waals surface area contributed by atoms with Gasteiger partial charge in [-0.15, -0.1) is 0 Å². The highest BCUT2D eigenvalue weighted by Gasteiger charge is 2.43. The first-order valence-corrected chi connectivity index (χ1v) is 6.07. The number of ether oxygens (including phenoxy) is 2. The van der Waals surface area contributed by atoms with Crippen LogP contribution in [0.2, 0.25) is 0 Å². The fourth-order valence-electron chi connectivity index (χ4n) is 2.28. The van der Waals surface area contributed by atoms with Gasteiger partial charge in [0.05, 0.1) is 24.4 Å². The van der Waals surface area contributed by atoms with Gasteiger partial charge in [-0.1, -0.05) is 52.6 Å². The van der Waals surface area contributed by atoms with E-state index in [9.17, 15) is 0 Å². The van der Waals surface area contributed by atoms with Crippen molar-refractivity contribution in [2.45, 2.75) is 92.1 Å². The molecule has 2 aliphatic heterocycles. The quantitative estimate of drug-likeness (QED) is 0.665. The summed E-state index contributed by atoms with van der Waals surface area (Å²) in [6.45, 7) is 4.31. The molecule has 0 amide bonds. The van der Waals surface area contributed by atoms with E-state index in [-0.39, 0.29) is 29.7 Å². The van der Waals surface area contributed by atoms with Crippen LogP contribution in [0.25, 0.3) is 0 Å². The molecule has 2 nitrogen and oxygen atoms in total. The Kier molecular flexibility index (Phi) is 12.4. The van der Waals surface area contributed by atoms with Gasteiger partial charge >= 0.3 is 0 Å². The van der Waals surface area contributed by atoms with Gasteiger partial charge in [0.25, 0.3) is 0 Å². The Morgan fingerprint density at radius 1 is 1.06 bits per heavy atom. The molecule has 0 radical (unpaired) electrons. The molecule has 2 aliphatic rings. The summed E-state index contributed by atoms with van der Waals surface area (Å²) in [5.41, 5.74) is 0. The average Bonchev–Trinajstić information content (AvgIpc) is 2.59. The molecule has 0 spiro atoms. The van der Waals surface area contributed by atoms with E-state index in [1.165, 1.54) is 0 Å². The Balaban J connectivity index is -0.000000490. The zero-order chi connectivity index (χ0) is 9.42. The summed E-state index contributed by atoms with van der Waals surface area (Å²) in [5.74, 6) is 0. The van der Waals surface area contributed by atoms with E-state index < -0.39 is 0 Å². The number of halogens is 1. The van der Waals surface area contributed by atoms with Crippen molar-refractivity contribution >= 4 is 15.9 Å². The van der Waals surface area contributed by atoms with E-state index in [1.54, 1.807) is 0 Å². The van der Waals surface area contributed by atoms with Gasteiger partial charge in [-0.3, -0.25) is 0 Å². The van der Waals surface area contributed by atoms with Crippen LogP contribution in [0.15, 0.2) is 0 Å². The minimum absolute atomic E-state index is 0. The van der Waals surface area contributed by atoms with Crippen molar-refractivity contribution in [1.29, 1.82) is 0 Å². The van der Waals surface area contributed by atoms with Crippen molar-refractivity contribution in [1.82, 2.24) is 0 Å². The van der Waals surface area contributed by atoms with Gasteiger partial charge in [-0.2, -0.15) is 0 Å². The standard InChI is InChI=1S/C10H17BrO2.4CH4/c1-3-7(11)8-5-10-9(13-8)4-6(2)12-10;;;;/h6-10H,3-5H2,1-2H3;4*1H4/t6-,7+,8+,9-,10-;;;;/m0..../s1. The molecule has 2 rings (SSSR count). The minimum atomic E-state index is 0. The molecule has 17 heavy (non-hydrogen) atoms. The number of fused-ring (bicyclic) bond motifs is 1. The fourth-order valence-corrected chi connectivity index (χ4v) is 2.62. The lowest BCUT2D eigenvalue weighted by molar-refractivity contribution is 0.0358. The van der Waals surface area contributed by atoms with Crippen LogP contribution < -0.4 is 0 Å². The number of alkyl halides is 1. The van der Waals surface area contributed by atoms with Crippen LogP contribution >= 0.6 is 15.9 Å². The number of hydrogen-bond donors (Lipinski definition) is 0. The van der Waals surface area contributed by atoms with Crippen LogP contribution in [0.4, 0.5) is 0 Å². The van der Waals surface area contributed by atoms with Crippen LogP contribution in [0, 0.1) is 0 Å². The second kappa shape index (κ2) is 9.35. The summed E-state index contributed by atoms with van der Waals surface area (Å²) in [5, 5.41) is 0. The molecule has 0 saturated carbocycles. The monoisotopic (exact) mass is 312 g/mol. The second-order valence-corrected chi connectivity index (χ2v) is 5.27. The number of hydrogen-bond acceptors (Lipinski definition) is 2. The highest BCUT2D eigenvalue weighted by molar-refractivity contribution is 9.09. The first kappa shape index (κ1) is 22.6. The van der Waals surface area contributed by atoms with Gasteiger partial charge in [0.1, 0.15) is 0 Å². The maximum atomic E-state index is 5.94. The Hall–Kier alpha value is 0.400. The van der Waals surface area contributed by atoms with E-state index in [0.29, 0.717) is 29.2 Å². The van der Waals surface area contributed by atoms with Gasteiger partial charge in [0.2, 0.25) is 0 Å². The summed E-state index contributed by atoms with van der Waals surface area (Å²) in [7, 11) is 0. The van der Waals surface area contributed by atoms with Crippen LogP contribution in [-0.2, 0) is 9.47 Å². The summed E-state index contributed by atoms with van der Waals surface area (Å²) < 4.78 is 11.7. The van der Waals surface area contributed by atoms with Crippen LogP contribution in [0.5, 0.6) is 0 Å². The van der Waals surface area contributed by atoms with Crippen LogP contribution in [-0.4, -0.2) is 29.2 Å². The Morgan fingerprint density at radius 3 is 2.06 bits per heavy atom. The summed E-state index contributed by atoms with van der Waals surface area (Å²) in [6, 6.07) is 0. The highest BCUT2D eigenvalue weighted by atomic mass is 79.9. The molecule has 2 saturated heterocycles. The Morgan fingerprint density at radius 2 is 1.59 bits per heavy atom. The molecule has 0 aromatic rings. The maximum Gasteiger partial charge on any atom is 0.0866 e. The Bertz CT molecular complexity index is 173. The van der Waals surface area contributed by atoms with E-state index >= 15 is 0 Å². The second-order valence-electron chi connectivity index (χ2n) is 4.09. The lowest BCUT2D eigenvalue weighted by Gasteiger charge is -2.17. The van der Waals surface area contributed by atoms with Crippen molar-refractivity contribution in [2.75, 3.05) is 0 Å². The highest BCUT2D eigenvalue weighted by Crippen LogP contribution is 2.36. The predicted molar refractivity (Wildman–Crippen MR) is 82.2 cm³/mol. The topological polar surface area (TPSA) is 18.5 Å². The van der Waals surface area contributed by atoms with Crippen molar-refractivity contribution < 1.29 is 9.47 Å². The first-order chi connectivity index (χ1) is 6.20. The molecule has 5 atom stereocenters. The summed E-state index contributed by atoms with van der Waals surface area (Å²) in [4.78, 5) is 0.497. The van der Waals surface area contributed by atoms with Gasteiger partial charge in [-0.25, -0.2) is 0 Å². The third-order valence-electron chi connectivity index (χ3n) is 2.99. The normalized spacial score (nSPS) is 35.5. The van der Waals surface area contributed by atoms with Gasteiger partial charge in [0.15, 0.2) is 0 Å². The van der Waals surface area contributed by atoms with Gasteiger partial charge in [0, 0.05) is 17.7 Å². The lowest BCUT2D eigenvalue weighted by atomic mass is 10.1. The van der Waals surface area contributed by atoms with E-state index in [0.717, 1.165) is 19.3 Å². The molecule has 2 fully saturated rings. The zero-order valence-corrected chi connectivity index (χ0v) is 9.79. The van der Waals surface area contributed by atoms with Crippen LogP contribution in [0.3, 0.4) is 0 Å². The number of rotatable bonds is 2. The summed E-state index contributed by atoms with van der Waals surface area (Å²) >= 11 is 3.65. The van der Waals surface area contributed by atoms with Crippen molar-refractivity contribution in [3.8, 4) is 0 Å². The summed E-state index contributed by atoms with van der Waals surface area (Å²) in [6.07, 6.45) is 4.76.